The summed E-state index contributed by atoms with van der Waals surface area (Å²) in [5.41, 5.74) is 6.49. The lowest BCUT2D eigenvalue weighted by atomic mass is 9.97. The lowest BCUT2D eigenvalue weighted by Crippen LogP contribution is -2.33. The van der Waals surface area contributed by atoms with Crippen LogP contribution in [0.1, 0.15) is 29.3 Å². The smallest absolute Gasteiger partial charge is 0.331 e. The minimum Gasteiger partial charge on any atom is -0.463 e. The van der Waals surface area contributed by atoms with E-state index in [0.717, 1.165) is 6.08 Å². The van der Waals surface area contributed by atoms with Crippen molar-refractivity contribution >= 4 is 28.8 Å². The second-order valence-corrected chi connectivity index (χ2v) is 6.36. The third-order valence-corrected chi connectivity index (χ3v) is 4.48. The second-order valence-electron chi connectivity index (χ2n) is 6.36. The maximum absolute atomic E-state index is 14.9. The molecule has 0 aliphatic carbocycles. The van der Waals surface area contributed by atoms with Crippen molar-refractivity contribution in [2.75, 3.05) is 23.8 Å². The molecule has 0 atom stereocenters. The van der Waals surface area contributed by atoms with E-state index in [1.165, 1.54) is 11.0 Å². The van der Waals surface area contributed by atoms with E-state index in [1.807, 2.05) is 0 Å². The van der Waals surface area contributed by atoms with Gasteiger partial charge in [-0.2, -0.15) is 0 Å². The number of hydrogen-bond donors (Lipinski definition) is 1. The zero-order valence-corrected chi connectivity index (χ0v) is 15.3. The number of fused-ring (bicyclic) bond motifs is 1. The Balaban J connectivity index is 2.09. The molecule has 0 saturated carbocycles. The fourth-order valence-electron chi connectivity index (χ4n) is 3.12. The number of hydrogen-bond acceptors (Lipinski definition) is 4. The normalized spacial score (nSPS) is 17.0. The highest BCUT2D eigenvalue weighted by Crippen LogP contribution is 2.43. The first-order chi connectivity index (χ1) is 13.3. The van der Waals surface area contributed by atoms with E-state index in [9.17, 15) is 18.4 Å². The van der Waals surface area contributed by atoms with Gasteiger partial charge in [0.25, 0.3) is 11.8 Å². The molecule has 0 fully saturated rings. The van der Waals surface area contributed by atoms with E-state index in [4.69, 9.17) is 10.5 Å². The summed E-state index contributed by atoms with van der Waals surface area (Å²) >= 11 is 0. The number of rotatable bonds is 3. The molecule has 1 heterocycles. The molecule has 2 aromatic carbocycles. The Hall–Kier alpha value is -3.22. The number of nitrogen functional groups attached to an aromatic ring is 1. The largest absolute Gasteiger partial charge is 0.463 e. The summed E-state index contributed by atoms with van der Waals surface area (Å²) in [7, 11) is 0. The summed E-state index contributed by atoms with van der Waals surface area (Å²) in [6, 6.07) is 12.6. The number of esters is 1. The third kappa shape index (κ3) is 3.88. The van der Waals surface area contributed by atoms with Crippen LogP contribution in [-0.2, 0) is 9.53 Å². The summed E-state index contributed by atoms with van der Waals surface area (Å²) < 4.78 is 34.5. The van der Waals surface area contributed by atoms with Gasteiger partial charge in [0.2, 0.25) is 0 Å². The van der Waals surface area contributed by atoms with Gasteiger partial charge < -0.3 is 15.4 Å². The van der Waals surface area contributed by atoms with Crippen molar-refractivity contribution in [2.24, 2.45) is 0 Å². The van der Waals surface area contributed by atoms with Crippen LogP contribution < -0.4 is 10.6 Å². The van der Waals surface area contributed by atoms with Crippen molar-refractivity contribution in [3.05, 3.63) is 65.7 Å². The van der Waals surface area contributed by atoms with Crippen LogP contribution >= 0.6 is 0 Å². The molecule has 2 N–H and O–H groups in total. The molecule has 28 heavy (non-hydrogen) atoms. The van der Waals surface area contributed by atoms with Gasteiger partial charge in [-0.15, -0.1) is 0 Å². The van der Waals surface area contributed by atoms with E-state index in [-0.39, 0.29) is 18.7 Å². The van der Waals surface area contributed by atoms with Crippen LogP contribution in [0.15, 0.2) is 54.6 Å². The van der Waals surface area contributed by atoms with Crippen molar-refractivity contribution in [1.29, 1.82) is 0 Å². The maximum atomic E-state index is 14.9. The highest BCUT2D eigenvalue weighted by molar-refractivity contribution is 6.08. The van der Waals surface area contributed by atoms with E-state index >= 15 is 0 Å². The number of alkyl halides is 2. The molecule has 5 nitrogen and oxygen atoms in total. The van der Waals surface area contributed by atoms with Crippen molar-refractivity contribution < 1.29 is 23.1 Å². The van der Waals surface area contributed by atoms with E-state index in [2.05, 4.69) is 0 Å². The Labute approximate surface area is 161 Å². The molecule has 7 heteroatoms. The van der Waals surface area contributed by atoms with Crippen LogP contribution in [0, 0.1) is 0 Å². The molecule has 1 amide bonds. The van der Waals surface area contributed by atoms with Crippen LogP contribution in [0.5, 0.6) is 0 Å². The summed E-state index contributed by atoms with van der Waals surface area (Å²) in [6.07, 6.45) is 0.202. The average molecular weight is 386 g/mol. The Kier molecular flexibility index (Phi) is 5.44. The summed E-state index contributed by atoms with van der Waals surface area (Å²) in [5.74, 6) is -4.55. The molecule has 3 rings (SSSR count). The fourth-order valence-corrected chi connectivity index (χ4v) is 3.12. The second kappa shape index (κ2) is 7.80. The molecule has 2 aromatic rings. The Bertz CT molecular complexity index is 924. The number of anilines is 2. The minimum absolute atomic E-state index is 0.0809. The van der Waals surface area contributed by atoms with E-state index < -0.39 is 29.8 Å². The van der Waals surface area contributed by atoms with Gasteiger partial charge in [0.05, 0.1) is 12.3 Å². The van der Waals surface area contributed by atoms with E-state index in [0.29, 0.717) is 16.9 Å². The summed E-state index contributed by atoms with van der Waals surface area (Å²) in [6.45, 7) is 1.48. The average Bonchev–Trinajstić information content (AvgIpc) is 2.77. The number of para-hydroxylation sites is 1. The van der Waals surface area contributed by atoms with Gasteiger partial charge in [-0.1, -0.05) is 18.2 Å². The van der Waals surface area contributed by atoms with Crippen LogP contribution in [0.4, 0.5) is 20.2 Å². The van der Waals surface area contributed by atoms with Crippen molar-refractivity contribution in [1.82, 2.24) is 0 Å². The Morgan fingerprint density at radius 1 is 1.18 bits per heavy atom. The lowest BCUT2D eigenvalue weighted by molar-refractivity contribution is -0.137. The molecule has 0 radical (unpaired) electrons. The topological polar surface area (TPSA) is 72.6 Å². The fraction of sp³-hybridized carbons (Fsp3) is 0.238. The quantitative estimate of drug-likeness (QED) is 0.493. The predicted molar refractivity (Wildman–Crippen MR) is 103 cm³/mol. The van der Waals surface area contributed by atoms with Gasteiger partial charge in [-0.25, -0.2) is 13.6 Å². The van der Waals surface area contributed by atoms with Gasteiger partial charge >= 0.3 is 5.97 Å². The summed E-state index contributed by atoms with van der Waals surface area (Å²) in [5, 5.41) is 0. The number of carbonyl (C=O) groups excluding carboxylic acids is 2. The number of nitrogens with two attached hydrogens (primary N) is 1. The van der Waals surface area contributed by atoms with Gasteiger partial charge in [0, 0.05) is 41.4 Å². The third-order valence-electron chi connectivity index (χ3n) is 4.48. The number of benzene rings is 2. The molecule has 0 aromatic heterocycles. The monoisotopic (exact) mass is 386 g/mol. The highest BCUT2D eigenvalue weighted by Gasteiger charge is 2.41. The first-order valence-electron chi connectivity index (χ1n) is 8.87. The molecule has 0 bridgehead atoms. The van der Waals surface area contributed by atoms with Crippen LogP contribution in [-0.4, -0.2) is 31.0 Å². The SMILES string of the molecule is CCOC(=O)/C=C1/c2ccccc2N(C(=O)c2ccc(N)cc2)CCC1(F)F. The number of amides is 1. The number of ether oxygens (including phenoxy) is 1. The van der Waals surface area contributed by atoms with Gasteiger partial charge in [0.15, 0.2) is 0 Å². The molecule has 0 spiro atoms. The standard InChI is InChI=1S/C21H20F2N2O3/c1-2-28-19(26)13-17-16-5-3-4-6-18(16)25(12-11-21(17,22)23)20(27)14-7-9-15(24)10-8-14/h3-10,13H,2,11-12,24H2,1H3/b17-13-. The van der Waals surface area contributed by atoms with Crippen molar-refractivity contribution in [3.63, 3.8) is 0 Å². The molecule has 1 aliphatic rings. The highest BCUT2D eigenvalue weighted by atomic mass is 19.3. The molecule has 0 saturated heterocycles. The minimum atomic E-state index is -3.29. The Morgan fingerprint density at radius 3 is 2.54 bits per heavy atom. The Morgan fingerprint density at radius 2 is 1.86 bits per heavy atom. The van der Waals surface area contributed by atoms with Crippen LogP contribution in [0.3, 0.4) is 0 Å². The number of nitrogens with zero attached hydrogens (tertiary/aromatic N) is 1. The van der Waals surface area contributed by atoms with Gasteiger partial charge in [-0.3, -0.25) is 4.79 Å². The first kappa shape index (κ1) is 19.5. The molecule has 146 valence electrons. The number of halogens is 2. The van der Waals surface area contributed by atoms with Crippen LogP contribution in [0.25, 0.3) is 5.57 Å². The summed E-state index contributed by atoms with van der Waals surface area (Å²) in [4.78, 5) is 26.2. The molecule has 1 aliphatic heterocycles. The van der Waals surface area contributed by atoms with Crippen molar-refractivity contribution in [2.45, 2.75) is 19.3 Å². The lowest BCUT2D eigenvalue weighted by Gasteiger charge is -2.22. The number of carbonyl (C=O) groups is 2. The number of allylic oxidation sites excluding steroid dienone is 1. The zero-order valence-electron chi connectivity index (χ0n) is 15.3. The molecular weight excluding hydrogens is 366 g/mol. The zero-order chi connectivity index (χ0) is 20.3. The van der Waals surface area contributed by atoms with Gasteiger partial charge in [0.1, 0.15) is 0 Å². The molecule has 0 unspecified atom stereocenters. The van der Waals surface area contributed by atoms with E-state index in [1.54, 1.807) is 49.4 Å². The van der Waals surface area contributed by atoms with Crippen LogP contribution in [0.2, 0.25) is 0 Å². The van der Waals surface area contributed by atoms with Gasteiger partial charge in [-0.05, 0) is 37.3 Å². The molecular formula is C21H20F2N2O3. The predicted octanol–water partition coefficient (Wildman–Crippen LogP) is 3.90. The van der Waals surface area contributed by atoms with Crippen molar-refractivity contribution in [3.8, 4) is 0 Å². The first-order valence-corrected chi connectivity index (χ1v) is 8.87. The maximum Gasteiger partial charge on any atom is 0.331 e.